The maximum Gasteiger partial charge on any atom is 0.224 e. The maximum atomic E-state index is 11.9. The summed E-state index contributed by atoms with van der Waals surface area (Å²) >= 11 is 0. The van der Waals surface area contributed by atoms with Crippen LogP contribution in [0.15, 0.2) is 29.2 Å². The third-order valence-corrected chi connectivity index (χ3v) is 5.14. The lowest BCUT2D eigenvalue weighted by atomic mass is 10.1. The van der Waals surface area contributed by atoms with E-state index in [9.17, 15) is 13.2 Å². The molecule has 1 saturated heterocycles. The molecule has 1 atom stereocenters. The molecule has 0 radical (unpaired) electrons. The van der Waals surface area contributed by atoms with E-state index in [2.05, 4.69) is 5.32 Å². The first-order valence-corrected chi connectivity index (χ1v) is 10.0. The predicted molar refractivity (Wildman–Crippen MR) is 89.1 cm³/mol. The zero-order valence-corrected chi connectivity index (χ0v) is 14.4. The minimum atomic E-state index is -3.19. The van der Waals surface area contributed by atoms with E-state index in [1.807, 2.05) is 0 Å². The van der Waals surface area contributed by atoms with Gasteiger partial charge in [-0.15, -0.1) is 0 Å². The number of rotatable bonds is 8. The molecule has 1 amide bonds. The van der Waals surface area contributed by atoms with Crippen molar-refractivity contribution in [3.8, 4) is 0 Å². The Morgan fingerprint density at radius 3 is 2.61 bits per heavy atom. The van der Waals surface area contributed by atoms with Crippen LogP contribution in [0, 0.1) is 0 Å². The van der Waals surface area contributed by atoms with Crippen LogP contribution < -0.4 is 5.32 Å². The molecule has 6 heteroatoms. The van der Waals surface area contributed by atoms with Crippen LogP contribution in [0.3, 0.4) is 0 Å². The third-order valence-electron chi connectivity index (χ3n) is 4.02. The molecule has 0 bridgehead atoms. The number of ether oxygens (including phenoxy) is 1. The number of carbonyl (C=O) groups excluding carboxylic acids is 1. The van der Waals surface area contributed by atoms with Crippen molar-refractivity contribution in [2.24, 2.45) is 0 Å². The largest absolute Gasteiger partial charge is 0.378 e. The normalized spacial score (nSPS) is 18.0. The summed E-state index contributed by atoms with van der Waals surface area (Å²) in [6.07, 6.45) is 7.28. The highest BCUT2D eigenvalue weighted by molar-refractivity contribution is 7.90. The molecule has 1 aromatic carbocycles. The number of carbonyl (C=O) groups is 1. The van der Waals surface area contributed by atoms with E-state index in [0.717, 1.165) is 37.9 Å². The Hall–Kier alpha value is -1.40. The molecule has 1 aliphatic rings. The third kappa shape index (κ3) is 6.31. The minimum absolute atomic E-state index is 0.0331. The molecule has 1 heterocycles. The highest BCUT2D eigenvalue weighted by Gasteiger charge is 2.14. The molecule has 0 aliphatic carbocycles. The van der Waals surface area contributed by atoms with Crippen molar-refractivity contribution in [1.29, 1.82) is 0 Å². The fourth-order valence-corrected chi connectivity index (χ4v) is 3.33. The summed E-state index contributed by atoms with van der Waals surface area (Å²) in [6.45, 7) is 1.56. The van der Waals surface area contributed by atoms with Crippen LogP contribution in [-0.2, 0) is 25.8 Å². The van der Waals surface area contributed by atoms with Crippen LogP contribution >= 0.6 is 0 Å². The average molecular weight is 339 g/mol. The first-order valence-electron chi connectivity index (χ1n) is 8.12. The second-order valence-electron chi connectivity index (χ2n) is 6.07. The van der Waals surface area contributed by atoms with Crippen LogP contribution in [0.5, 0.6) is 0 Å². The summed E-state index contributed by atoms with van der Waals surface area (Å²) < 4.78 is 28.3. The quantitative estimate of drug-likeness (QED) is 0.736. The predicted octanol–water partition coefficient (Wildman–Crippen LogP) is 2.10. The molecule has 0 aromatic heterocycles. The molecule has 1 fully saturated rings. The molecule has 1 aliphatic heterocycles. The van der Waals surface area contributed by atoms with Gasteiger partial charge in [0.2, 0.25) is 5.91 Å². The lowest BCUT2D eigenvalue weighted by molar-refractivity contribution is -0.120. The molecular formula is C17H25NO4S. The molecule has 2 rings (SSSR count). The van der Waals surface area contributed by atoms with E-state index in [1.165, 1.54) is 12.7 Å². The van der Waals surface area contributed by atoms with Crippen molar-refractivity contribution in [3.05, 3.63) is 29.8 Å². The van der Waals surface area contributed by atoms with Gasteiger partial charge in [0.15, 0.2) is 9.84 Å². The average Bonchev–Trinajstić information content (AvgIpc) is 3.00. The number of amides is 1. The van der Waals surface area contributed by atoms with Crippen molar-refractivity contribution >= 4 is 15.7 Å². The molecule has 128 valence electrons. The van der Waals surface area contributed by atoms with Crippen molar-refractivity contribution in [2.75, 3.05) is 19.4 Å². The van der Waals surface area contributed by atoms with Gasteiger partial charge in [-0.2, -0.15) is 0 Å². The Kier molecular flexibility index (Phi) is 6.59. The summed E-state index contributed by atoms with van der Waals surface area (Å²) in [7, 11) is -3.19. The maximum absolute atomic E-state index is 11.9. The standard InChI is InChI=1S/C17H25NO4S/c1-23(20,21)16-9-7-14(8-10-16)13-17(19)18-11-3-2-5-15-6-4-12-22-15/h7-10,15H,2-6,11-13H2,1H3,(H,18,19)/t15-/m0/s1. The Morgan fingerprint density at radius 2 is 2.00 bits per heavy atom. The first-order chi connectivity index (χ1) is 10.9. The Bertz CT molecular complexity index is 604. The minimum Gasteiger partial charge on any atom is -0.378 e. The number of nitrogens with one attached hydrogen (secondary N) is 1. The van der Waals surface area contributed by atoms with E-state index >= 15 is 0 Å². The SMILES string of the molecule is CS(=O)(=O)c1ccc(CC(=O)NCCCC[C@H]2CCCO2)cc1. The van der Waals surface area contributed by atoms with Crippen LogP contribution in [-0.4, -0.2) is 39.8 Å². The zero-order chi connectivity index (χ0) is 16.7. The summed E-state index contributed by atoms with van der Waals surface area (Å²) in [5, 5.41) is 2.90. The first kappa shape index (κ1) is 17.9. The number of hydrogen-bond donors (Lipinski definition) is 1. The Balaban J connectivity index is 1.64. The van der Waals surface area contributed by atoms with Gasteiger partial charge in [-0.05, 0) is 49.8 Å². The van der Waals surface area contributed by atoms with E-state index in [0.29, 0.717) is 12.6 Å². The molecule has 1 aromatic rings. The van der Waals surface area contributed by atoms with Crippen molar-refractivity contribution < 1.29 is 17.9 Å². The lowest BCUT2D eigenvalue weighted by Gasteiger charge is -2.09. The molecule has 0 unspecified atom stereocenters. The van der Waals surface area contributed by atoms with Gasteiger partial charge in [-0.25, -0.2) is 8.42 Å². The van der Waals surface area contributed by atoms with Crippen molar-refractivity contribution in [2.45, 2.75) is 49.5 Å². The summed E-state index contributed by atoms with van der Waals surface area (Å²) in [4.78, 5) is 12.1. The Morgan fingerprint density at radius 1 is 1.26 bits per heavy atom. The van der Waals surface area contributed by atoms with Gasteiger partial charge in [0.25, 0.3) is 0 Å². The summed E-state index contributed by atoms with van der Waals surface area (Å²) in [6, 6.07) is 6.46. The fourth-order valence-electron chi connectivity index (χ4n) is 2.70. The van der Waals surface area contributed by atoms with Gasteiger partial charge in [0.05, 0.1) is 17.4 Å². The number of hydrogen-bond acceptors (Lipinski definition) is 4. The van der Waals surface area contributed by atoms with E-state index < -0.39 is 9.84 Å². The van der Waals surface area contributed by atoms with Crippen molar-refractivity contribution in [3.63, 3.8) is 0 Å². The van der Waals surface area contributed by atoms with Crippen LogP contribution in [0.2, 0.25) is 0 Å². The van der Waals surface area contributed by atoms with E-state index in [1.54, 1.807) is 24.3 Å². The topological polar surface area (TPSA) is 72.5 Å². The van der Waals surface area contributed by atoms with Crippen LogP contribution in [0.25, 0.3) is 0 Å². The van der Waals surface area contributed by atoms with Gasteiger partial charge in [-0.1, -0.05) is 12.1 Å². The monoisotopic (exact) mass is 339 g/mol. The summed E-state index contributed by atoms with van der Waals surface area (Å²) in [5.41, 5.74) is 0.814. The van der Waals surface area contributed by atoms with E-state index in [-0.39, 0.29) is 17.2 Å². The highest BCUT2D eigenvalue weighted by Crippen LogP contribution is 2.17. The summed E-state index contributed by atoms with van der Waals surface area (Å²) in [5.74, 6) is -0.0331. The highest BCUT2D eigenvalue weighted by atomic mass is 32.2. The molecule has 0 saturated carbocycles. The second-order valence-corrected chi connectivity index (χ2v) is 8.09. The molecule has 0 spiro atoms. The number of unbranched alkanes of at least 4 members (excludes halogenated alkanes) is 1. The lowest BCUT2D eigenvalue weighted by Crippen LogP contribution is -2.26. The van der Waals surface area contributed by atoms with Gasteiger partial charge in [-0.3, -0.25) is 4.79 Å². The number of benzene rings is 1. The Labute approximate surface area is 138 Å². The zero-order valence-electron chi connectivity index (χ0n) is 13.6. The van der Waals surface area contributed by atoms with Crippen LogP contribution in [0.4, 0.5) is 0 Å². The molecule has 5 nitrogen and oxygen atoms in total. The molecular weight excluding hydrogens is 314 g/mol. The molecule has 23 heavy (non-hydrogen) atoms. The van der Waals surface area contributed by atoms with Gasteiger partial charge in [0, 0.05) is 19.4 Å². The molecule has 1 N–H and O–H groups in total. The smallest absolute Gasteiger partial charge is 0.224 e. The van der Waals surface area contributed by atoms with Gasteiger partial charge in [0.1, 0.15) is 0 Å². The second kappa shape index (κ2) is 8.45. The number of sulfone groups is 1. The van der Waals surface area contributed by atoms with Gasteiger partial charge < -0.3 is 10.1 Å². The van der Waals surface area contributed by atoms with Gasteiger partial charge >= 0.3 is 0 Å². The van der Waals surface area contributed by atoms with Crippen molar-refractivity contribution in [1.82, 2.24) is 5.32 Å². The fraction of sp³-hybridized carbons (Fsp3) is 0.588. The van der Waals surface area contributed by atoms with E-state index in [4.69, 9.17) is 4.74 Å². The van der Waals surface area contributed by atoms with Crippen LogP contribution in [0.1, 0.15) is 37.7 Å².